The Morgan fingerprint density at radius 1 is 1.14 bits per heavy atom. The first-order chi connectivity index (χ1) is 17.5. The summed E-state index contributed by atoms with van der Waals surface area (Å²) in [7, 11) is 1.57. The van der Waals surface area contributed by atoms with Crippen LogP contribution in [0.25, 0.3) is 22.6 Å². The van der Waals surface area contributed by atoms with E-state index in [4.69, 9.17) is 23.9 Å². The summed E-state index contributed by atoms with van der Waals surface area (Å²) in [5.74, 6) is 0.553. The molecule has 1 atom stereocenters. The molecule has 0 saturated heterocycles. The average molecular weight is 489 g/mol. The summed E-state index contributed by atoms with van der Waals surface area (Å²) in [5.41, 5.74) is 4.85. The number of fused-ring (bicyclic) bond motifs is 3. The Morgan fingerprint density at radius 3 is 2.83 bits per heavy atom. The lowest BCUT2D eigenvalue weighted by Gasteiger charge is -2.22. The van der Waals surface area contributed by atoms with Gasteiger partial charge in [-0.2, -0.15) is 0 Å². The number of hydrogen-bond acceptors (Lipinski definition) is 7. The lowest BCUT2D eigenvalue weighted by Crippen LogP contribution is -2.38. The Bertz CT molecular complexity index is 1350. The third-order valence-electron chi connectivity index (χ3n) is 6.27. The molecule has 36 heavy (non-hydrogen) atoms. The Hall–Kier alpha value is -3.91. The van der Waals surface area contributed by atoms with Crippen LogP contribution in [-0.4, -0.2) is 50.0 Å². The number of esters is 1. The van der Waals surface area contributed by atoms with Crippen LogP contribution in [0.5, 0.6) is 11.5 Å². The molecule has 1 amide bonds. The van der Waals surface area contributed by atoms with Crippen LogP contribution in [-0.2, 0) is 20.7 Å². The molecule has 1 aromatic heterocycles. The summed E-state index contributed by atoms with van der Waals surface area (Å²) in [4.78, 5) is 30.5. The molecule has 1 aliphatic carbocycles. The second-order valence-corrected chi connectivity index (χ2v) is 8.97. The van der Waals surface area contributed by atoms with Crippen molar-refractivity contribution >= 4 is 34.4 Å². The zero-order valence-electron chi connectivity index (χ0n) is 20.3. The zero-order chi connectivity index (χ0) is 25.1. The van der Waals surface area contributed by atoms with Crippen LogP contribution < -0.4 is 14.8 Å². The van der Waals surface area contributed by atoms with E-state index >= 15 is 0 Å². The first-order valence-electron chi connectivity index (χ1n) is 12.0. The Labute approximate surface area is 209 Å². The van der Waals surface area contributed by atoms with Gasteiger partial charge in [0.25, 0.3) is 5.91 Å². The molecule has 1 aliphatic heterocycles. The van der Waals surface area contributed by atoms with E-state index < -0.39 is 5.97 Å². The molecule has 2 heterocycles. The lowest BCUT2D eigenvalue weighted by molar-refractivity contribution is -0.125. The van der Waals surface area contributed by atoms with Crippen molar-refractivity contribution < 1.29 is 28.5 Å². The van der Waals surface area contributed by atoms with Crippen molar-refractivity contribution in [2.75, 3.05) is 27.1 Å². The Kier molecular flexibility index (Phi) is 6.86. The summed E-state index contributed by atoms with van der Waals surface area (Å²) in [5, 5.41) is 3.48. The van der Waals surface area contributed by atoms with Gasteiger partial charge in [-0.1, -0.05) is 24.3 Å². The molecule has 8 heteroatoms. The number of carbonyl (C=O) groups excluding carboxylic acids is 2. The van der Waals surface area contributed by atoms with Crippen LogP contribution in [0, 0.1) is 0 Å². The van der Waals surface area contributed by atoms with Crippen molar-refractivity contribution in [3.8, 4) is 11.5 Å². The maximum absolute atomic E-state index is 13.3. The number of aromatic nitrogens is 1. The van der Waals surface area contributed by atoms with Crippen LogP contribution in [0.4, 0.5) is 0 Å². The van der Waals surface area contributed by atoms with Crippen LogP contribution in [0.15, 0.2) is 42.5 Å². The number of benzene rings is 2. The van der Waals surface area contributed by atoms with Crippen molar-refractivity contribution in [2.45, 2.75) is 32.2 Å². The molecule has 2 aromatic carbocycles. The molecule has 5 rings (SSSR count). The summed E-state index contributed by atoms with van der Waals surface area (Å²) < 4.78 is 21.5. The third kappa shape index (κ3) is 4.90. The number of para-hydroxylation sites is 1. The monoisotopic (exact) mass is 488 g/mol. The second-order valence-electron chi connectivity index (χ2n) is 8.97. The maximum Gasteiger partial charge on any atom is 0.339 e. The summed E-state index contributed by atoms with van der Waals surface area (Å²) in [6.07, 6.45) is 4.49. The molecule has 0 saturated carbocycles. The predicted octanol–water partition coefficient (Wildman–Crippen LogP) is 4.15. The molecule has 8 nitrogen and oxygen atoms in total. The minimum atomic E-state index is -0.524. The minimum Gasteiger partial charge on any atom is -0.454 e. The fourth-order valence-electron chi connectivity index (χ4n) is 4.72. The van der Waals surface area contributed by atoms with Gasteiger partial charge in [0.05, 0.1) is 23.4 Å². The van der Waals surface area contributed by atoms with E-state index in [1.54, 1.807) is 7.11 Å². The largest absolute Gasteiger partial charge is 0.454 e. The molecule has 0 spiro atoms. The number of ether oxygens (including phenoxy) is 4. The number of methoxy groups -OCH3 is 1. The maximum atomic E-state index is 13.3. The molecule has 186 valence electrons. The van der Waals surface area contributed by atoms with Gasteiger partial charge < -0.3 is 24.3 Å². The van der Waals surface area contributed by atoms with Crippen molar-refractivity contribution in [1.29, 1.82) is 0 Å². The minimum absolute atomic E-state index is 0.181. The van der Waals surface area contributed by atoms with Gasteiger partial charge in [0.15, 0.2) is 18.1 Å². The molecule has 0 radical (unpaired) electrons. The normalized spacial score (nSPS) is 16.0. The summed E-state index contributed by atoms with van der Waals surface area (Å²) in [6.45, 7) is 2.06. The highest BCUT2D eigenvalue weighted by Crippen LogP contribution is 2.38. The third-order valence-corrected chi connectivity index (χ3v) is 6.27. The van der Waals surface area contributed by atoms with Gasteiger partial charge in [-0.25, -0.2) is 9.78 Å². The van der Waals surface area contributed by atoms with Crippen molar-refractivity contribution in [2.24, 2.45) is 0 Å². The van der Waals surface area contributed by atoms with Gasteiger partial charge in [0.1, 0.15) is 0 Å². The highest BCUT2D eigenvalue weighted by atomic mass is 16.7. The van der Waals surface area contributed by atoms with E-state index in [1.807, 2.05) is 49.4 Å². The molecule has 2 aliphatic rings. The number of nitrogens with one attached hydrogen (secondary N) is 1. The van der Waals surface area contributed by atoms with E-state index in [0.717, 1.165) is 46.4 Å². The number of amides is 1. The zero-order valence-corrected chi connectivity index (χ0v) is 20.3. The van der Waals surface area contributed by atoms with E-state index in [1.165, 1.54) is 0 Å². The topological polar surface area (TPSA) is 96.0 Å². The van der Waals surface area contributed by atoms with Gasteiger partial charge in [-0.3, -0.25) is 4.79 Å². The summed E-state index contributed by atoms with van der Waals surface area (Å²) >= 11 is 0. The van der Waals surface area contributed by atoms with Gasteiger partial charge in [-0.05, 0) is 67.2 Å². The van der Waals surface area contributed by atoms with Gasteiger partial charge in [0.2, 0.25) is 6.79 Å². The van der Waals surface area contributed by atoms with Gasteiger partial charge in [0, 0.05) is 18.5 Å². The van der Waals surface area contributed by atoms with E-state index in [2.05, 4.69) is 11.4 Å². The van der Waals surface area contributed by atoms with Crippen LogP contribution >= 0.6 is 0 Å². The molecule has 0 fully saturated rings. The molecular weight excluding hydrogens is 460 g/mol. The molecule has 1 N–H and O–H groups in total. The second kappa shape index (κ2) is 10.4. The van der Waals surface area contributed by atoms with Crippen LogP contribution in [0.1, 0.15) is 46.9 Å². The average Bonchev–Trinajstić information content (AvgIpc) is 3.34. The molecular formula is C28H28N2O6. The standard InChI is InChI=1S/C28H28N2O6/c1-17(14-33-2)29-25(31)15-34-28(32)26-20-7-3-4-9-22(20)30-27-19(6-5-8-21(26)27)12-18-10-11-23-24(13-18)36-16-35-23/h3-4,7,9-13,17H,5-6,8,14-16H2,1-2H3,(H,29,31). The summed E-state index contributed by atoms with van der Waals surface area (Å²) in [6, 6.07) is 13.2. The lowest BCUT2D eigenvalue weighted by atomic mass is 9.86. The highest BCUT2D eigenvalue weighted by molar-refractivity contribution is 6.07. The number of carbonyl (C=O) groups is 2. The van der Waals surface area contributed by atoms with Gasteiger partial charge >= 0.3 is 5.97 Å². The quantitative estimate of drug-likeness (QED) is 0.499. The van der Waals surface area contributed by atoms with E-state index in [0.29, 0.717) is 29.9 Å². The first-order valence-corrected chi connectivity index (χ1v) is 12.0. The highest BCUT2D eigenvalue weighted by Gasteiger charge is 2.26. The van der Waals surface area contributed by atoms with Crippen molar-refractivity contribution in [1.82, 2.24) is 10.3 Å². The number of pyridine rings is 1. The van der Waals surface area contributed by atoms with E-state index in [-0.39, 0.29) is 25.3 Å². The van der Waals surface area contributed by atoms with Crippen molar-refractivity contribution in [3.63, 3.8) is 0 Å². The Morgan fingerprint density at radius 2 is 1.97 bits per heavy atom. The number of nitrogens with zero attached hydrogens (tertiary/aromatic N) is 1. The SMILES string of the molecule is COCC(C)NC(=O)COC(=O)c1c2c(nc3ccccc13)C(=Cc1ccc3c(c1)OCO3)CCC2. The van der Waals surface area contributed by atoms with Crippen LogP contribution in [0.2, 0.25) is 0 Å². The Balaban J connectivity index is 1.48. The molecule has 0 bridgehead atoms. The smallest absolute Gasteiger partial charge is 0.339 e. The van der Waals surface area contributed by atoms with E-state index in [9.17, 15) is 9.59 Å². The fraction of sp³-hybridized carbons (Fsp3) is 0.321. The predicted molar refractivity (Wildman–Crippen MR) is 135 cm³/mol. The number of hydrogen-bond donors (Lipinski definition) is 1. The fourth-order valence-corrected chi connectivity index (χ4v) is 4.72. The molecule has 3 aromatic rings. The number of allylic oxidation sites excluding steroid dienone is 1. The van der Waals surface area contributed by atoms with Gasteiger partial charge in [-0.15, -0.1) is 0 Å². The first kappa shape index (κ1) is 23.8. The van der Waals surface area contributed by atoms with Crippen LogP contribution in [0.3, 0.4) is 0 Å². The van der Waals surface area contributed by atoms with Crippen molar-refractivity contribution in [3.05, 3.63) is 64.8 Å². The number of rotatable bonds is 7. The molecule has 1 unspecified atom stereocenters.